The van der Waals surface area contributed by atoms with Crippen LogP contribution in [-0.4, -0.2) is 29.4 Å². The molecular formula is C14H18N2O. The summed E-state index contributed by atoms with van der Waals surface area (Å²) in [5, 5.41) is 3.43. The number of hydrogen-bond donors (Lipinski definition) is 1. The predicted molar refractivity (Wildman–Crippen MR) is 66.4 cm³/mol. The summed E-state index contributed by atoms with van der Waals surface area (Å²) >= 11 is 0. The molecule has 0 radical (unpaired) electrons. The number of hydrogen-bond acceptors (Lipinski definition) is 2. The monoisotopic (exact) mass is 230 g/mol. The average molecular weight is 230 g/mol. The Morgan fingerprint density at radius 3 is 2.65 bits per heavy atom. The molecule has 90 valence electrons. The van der Waals surface area contributed by atoms with Gasteiger partial charge in [-0.15, -0.1) is 0 Å². The van der Waals surface area contributed by atoms with Gasteiger partial charge in [-0.3, -0.25) is 4.79 Å². The number of rotatable bonds is 4. The van der Waals surface area contributed by atoms with Gasteiger partial charge in [-0.1, -0.05) is 30.3 Å². The van der Waals surface area contributed by atoms with Crippen molar-refractivity contribution in [1.82, 2.24) is 10.2 Å². The van der Waals surface area contributed by atoms with E-state index in [0.717, 1.165) is 19.5 Å². The van der Waals surface area contributed by atoms with Crippen LogP contribution in [0.3, 0.4) is 0 Å². The Labute approximate surface area is 102 Å². The molecule has 1 aliphatic heterocycles. The molecule has 1 aromatic carbocycles. The standard InChI is InChI=1S/C14H18N2O/c17-14-13(15-12-6-7-12)8-9-16(14)10-11-4-2-1-3-5-11/h1-5,12-13,15H,6-10H2. The molecule has 0 bridgehead atoms. The van der Waals surface area contributed by atoms with Crippen molar-refractivity contribution >= 4 is 5.91 Å². The molecule has 1 amide bonds. The summed E-state index contributed by atoms with van der Waals surface area (Å²) < 4.78 is 0. The van der Waals surface area contributed by atoms with Gasteiger partial charge < -0.3 is 10.2 Å². The molecule has 1 saturated carbocycles. The van der Waals surface area contributed by atoms with Crippen LogP contribution in [0.4, 0.5) is 0 Å². The van der Waals surface area contributed by atoms with Crippen molar-refractivity contribution in [3.63, 3.8) is 0 Å². The van der Waals surface area contributed by atoms with Gasteiger partial charge in [0.25, 0.3) is 0 Å². The van der Waals surface area contributed by atoms with Crippen molar-refractivity contribution in [3.8, 4) is 0 Å². The second kappa shape index (κ2) is 4.49. The van der Waals surface area contributed by atoms with E-state index < -0.39 is 0 Å². The van der Waals surface area contributed by atoms with Crippen molar-refractivity contribution in [2.24, 2.45) is 0 Å². The van der Waals surface area contributed by atoms with E-state index in [4.69, 9.17) is 0 Å². The predicted octanol–water partition coefficient (Wildman–Crippen LogP) is 1.54. The minimum atomic E-state index is 0.0752. The zero-order valence-electron chi connectivity index (χ0n) is 9.93. The maximum atomic E-state index is 12.1. The van der Waals surface area contributed by atoms with Crippen LogP contribution in [0, 0.1) is 0 Å². The third-order valence-electron chi connectivity index (χ3n) is 3.53. The Bertz CT molecular complexity index is 400. The lowest BCUT2D eigenvalue weighted by molar-refractivity contribution is -0.129. The Kier molecular flexibility index (Phi) is 2.85. The summed E-state index contributed by atoms with van der Waals surface area (Å²) in [6, 6.07) is 10.9. The van der Waals surface area contributed by atoms with Crippen LogP contribution in [0.5, 0.6) is 0 Å². The first-order chi connectivity index (χ1) is 8.33. The number of carbonyl (C=O) groups excluding carboxylic acids is 1. The molecule has 1 atom stereocenters. The fourth-order valence-corrected chi connectivity index (χ4v) is 2.39. The van der Waals surface area contributed by atoms with E-state index in [1.54, 1.807) is 0 Å². The number of carbonyl (C=O) groups is 1. The van der Waals surface area contributed by atoms with E-state index in [1.807, 2.05) is 23.1 Å². The molecule has 3 nitrogen and oxygen atoms in total. The van der Waals surface area contributed by atoms with Gasteiger partial charge in [-0.25, -0.2) is 0 Å². The van der Waals surface area contributed by atoms with E-state index in [1.165, 1.54) is 18.4 Å². The zero-order chi connectivity index (χ0) is 11.7. The van der Waals surface area contributed by atoms with E-state index >= 15 is 0 Å². The van der Waals surface area contributed by atoms with Gasteiger partial charge in [0.05, 0.1) is 6.04 Å². The Morgan fingerprint density at radius 1 is 1.18 bits per heavy atom. The van der Waals surface area contributed by atoms with Gasteiger partial charge in [0.15, 0.2) is 0 Å². The molecule has 17 heavy (non-hydrogen) atoms. The molecule has 2 aliphatic rings. The average Bonchev–Trinajstić information content (AvgIpc) is 3.11. The molecule has 1 aromatic rings. The van der Waals surface area contributed by atoms with Crippen LogP contribution < -0.4 is 5.32 Å². The lowest BCUT2D eigenvalue weighted by Gasteiger charge is -2.17. The molecule has 1 aliphatic carbocycles. The topological polar surface area (TPSA) is 32.3 Å². The van der Waals surface area contributed by atoms with Gasteiger partial charge in [0.2, 0.25) is 5.91 Å². The molecule has 1 saturated heterocycles. The lowest BCUT2D eigenvalue weighted by Crippen LogP contribution is -2.39. The SMILES string of the molecule is O=C1C(NC2CC2)CCN1Cc1ccccc1. The number of nitrogens with zero attached hydrogens (tertiary/aromatic N) is 1. The number of likely N-dealkylation sites (tertiary alicyclic amines) is 1. The van der Waals surface area contributed by atoms with Crippen LogP contribution in [0.2, 0.25) is 0 Å². The van der Waals surface area contributed by atoms with Crippen LogP contribution in [-0.2, 0) is 11.3 Å². The van der Waals surface area contributed by atoms with Crippen molar-refractivity contribution in [2.45, 2.75) is 37.9 Å². The first kappa shape index (κ1) is 10.8. The molecule has 1 N–H and O–H groups in total. The molecule has 3 heteroatoms. The lowest BCUT2D eigenvalue weighted by atomic mass is 10.2. The number of benzene rings is 1. The van der Waals surface area contributed by atoms with E-state index in [-0.39, 0.29) is 11.9 Å². The number of amides is 1. The van der Waals surface area contributed by atoms with Gasteiger partial charge in [0.1, 0.15) is 0 Å². The Morgan fingerprint density at radius 2 is 1.94 bits per heavy atom. The first-order valence-corrected chi connectivity index (χ1v) is 6.42. The summed E-state index contributed by atoms with van der Waals surface area (Å²) in [5.74, 6) is 0.278. The van der Waals surface area contributed by atoms with Crippen LogP contribution in [0.15, 0.2) is 30.3 Å². The molecule has 0 spiro atoms. The zero-order valence-corrected chi connectivity index (χ0v) is 9.93. The Hall–Kier alpha value is -1.35. The molecule has 2 fully saturated rings. The quantitative estimate of drug-likeness (QED) is 0.851. The van der Waals surface area contributed by atoms with Gasteiger partial charge in [-0.2, -0.15) is 0 Å². The third-order valence-corrected chi connectivity index (χ3v) is 3.53. The fraction of sp³-hybridized carbons (Fsp3) is 0.500. The second-order valence-electron chi connectivity index (χ2n) is 5.03. The maximum Gasteiger partial charge on any atom is 0.240 e. The van der Waals surface area contributed by atoms with Crippen molar-refractivity contribution in [3.05, 3.63) is 35.9 Å². The maximum absolute atomic E-state index is 12.1. The molecular weight excluding hydrogens is 212 g/mol. The number of nitrogens with one attached hydrogen (secondary N) is 1. The van der Waals surface area contributed by atoms with Crippen molar-refractivity contribution < 1.29 is 4.79 Å². The molecule has 3 rings (SSSR count). The highest BCUT2D eigenvalue weighted by Crippen LogP contribution is 2.23. The summed E-state index contributed by atoms with van der Waals surface area (Å²) in [7, 11) is 0. The van der Waals surface area contributed by atoms with Crippen molar-refractivity contribution in [1.29, 1.82) is 0 Å². The largest absolute Gasteiger partial charge is 0.337 e. The summed E-state index contributed by atoms with van der Waals surface area (Å²) in [4.78, 5) is 14.1. The highest BCUT2D eigenvalue weighted by molar-refractivity contribution is 5.84. The molecule has 0 aromatic heterocycles. The van der Waals surface area contributed by atoms with E-state index in [9.17, 15) is 4.79 Å². The second-order valence-corrected chi connectivity index (χ2v) is 5.03. The van der Waals surface area contributed by atoms with Gasteiger partial charge in [0, 0.05) is 19.1 Å². The Balaban J connectivity index is 1.59. The summed E-state index contributed by atoms with van der Waals surface area (Å²) in [6.07, 6.45) is 3.44. The van der Waals surface area contributed by atoms with Crippen LogP contribution >= 0.6 is 0 Å². The van der Waals surface area contributed by atoms with E-state index in [0.29, 0.717) is 6.04 Å². The van der Waals surface area contributed by atoms with Crippen molar-refractivity contribution in [2.75, 3.05) is 6.54 Å². The minimum absolute atomic E-state index is 0.0752. The molecule has 1 heterocycles. The highest BCUT2D eigenvalue weighted by atomic mass is 16.2. The first-order valence-electron chi connectivity index (χ1n) is 6.42. The van der Waals surface area contributed by atoms with E-state index in [2.05, 4.69) is 17.4 Å². The minimum Gasteiger partial charge on any atom is -0.337 e. The summed E-state index contributed by atoms with van der Waals surface area (Å²) in [6.45, 7) is 1.64. The van der Waals surface area contributed by atoms with Gasteiger partial charge in [-0.05, 0) is 24.8 Å². The normalized spacial score (nSPS) is 24.4. The van der Waals surface area contributed by atoms with Gasteiger partial charge >= 0.3 is 0 Å². The fourth-order valence-electron chi connectivity index (χ4n) is 2.39. The summed E-state index contributed by atoms with van der Waals surface area (Å²) in [5.41, 5.74) is 1.22. The third kappa shape index (κ3) is 2.50. The van der Waals surface area contributed by atoms with Crippen LogP contribution in [0.1, 0.15) is 24.8 Å². The highest BCUT2D eigenvalue weighted by Gasteiger charge is 2.35. The smallest absolute Gasteiger partial charge is 0.240 e. The van der Waals surface area contributed by atoms with Crippen LogP contribution in [0.25, 0.3) is 0 Å². The molecule has 1 unspecified atom stereocenters.